The van der Waals surface area contributed by atoms with Crippen molar-refractivity contribution in [1.82, 2.24) is 9.97 Å². The molecule has 6 heteroatoms. The van der Waals surface area contributed by atoms with Gasteiger partial charge in [-0.15, -0.1) is 0 Å². The molecule has 0 spiro atoms. The second-order valence-electron chi connectivity index (χ2n) is 6.74. The smallest absolute Gasteiger partial charge is 0.244 e. The van der Waals surface area contributed by atoms with Gasteiger partial charge in [0.25, 0.3) is 0 Å². The molecule has 0 saturated heterocycles. The van der Waals surface area contributed by atoms with Gasteiger partial charge in [-0.05, 0) is 37.3 Å². The van der Waals surface area contributed by atoms with Crippen LogP contribution in [0, 0.1) is 12.7 Å². The first-order chi connectivity index (χ1) is 14.6. The van der Waals surface area contributed by atoms with Gasteiger partial charge in [0.05, 0.1) is 17.6 Å². The van der Waals surface area contributed by atoms with Crippen LogP contribution >= 0.6 is 0 Å². The van der Waals surface area contributed by atoms with Crippen molar-refractivity contribution >= 4 is 12.2 Å². The van der Waals surface area contributed by atoms with Gasteiger partial charge in [0.15, 0.2) is 0 Å². The van der Waals surface area contributed by atoms with Crippen LogP contribution in [0.4, 0.5) is 10.3 Å². The number of rotatable bonds is 5. The second kappa shape index (κ2) is 8.53. The Kier molecular flexibility index (Phi) is 5.48. The van der Waals surface area contributed by atoms with E-state index in [1.54, 1.807) is 48.5 Å². The highest BCUT2D eigenvalue weighted by Gasteiger charge is 2.11. The predicted molar refractivity (Wildman–Crippen MR) is 117 cm³/mol. The fourth-order valence-electron chi connectivity index (χ4n) is 2.93. The number of aromatic nitrogens is 2. The van der Waals surface area contributed by atoms with Crippen molar-refractivity contribution in [3.63, 3.8) is 0 Å². The maximum atomic E-state index is 14.4. The minimum absolute atomic E-state index is 0.115. The van der Waals surface area contributed by atoms with Crippen molar-refractivity contribution in [2.75, 3.05) is 5.43 Å². The monoisotopic (exact) mass is 398 g/mol. The number of benzene rings is 3. The molecule has 2 N–H and O–H groups in total. The largest absolute Gasteiger partial charge is 0.507 e. The van der Waals surface area contributed by atoms with Crippen LogP contribution in [0.1, 0.15) is 11.1 Å². The Balaban J connectivity index is 1.73. The summed E-state index contributed by atoms with van der Waals surface area (Å²) in [6.45, 7) is 2.01. The van der Waals surface area contributed by atoms with Crippen LogP contribution in [0.15, 0.2) is 84.0 Å². The second-order valence-corrected chi connectivity index (χ2v) is 6.74. The average molecular weight is 398 g/mol. The lowest BCUT2D eigenvalue weighted by molar-refractivity contribution is 0.474. The summed E-state index contributed by atoms with van der Waals surface area (Å²) in [5.41, 5.74) is 6.81. The average Bonchev–Trinajstić information content (AvgIpc) is 2.76. The third-order valence-corrected chi connectivity index (χ3v) is 4.53. The zero-order valence-corrected chi connectivity index (χ0v) is 16.2. The van der Waals surface area contributed by atoms with Gasteiger partial charge in [-0.2, -0.15) is 5.10 Å². The topological polar surface area (TPSA) is 70.4 Å². The molecule has 0 radical (unpaired) electrons. The van der Waals surface area contributed by atoms with Gasteiger partial charge in [-0.25, -0.2) is 19.8 Å². The lowest BCUT2D eigenvalue weighted by Gasteiger charge is -2.09. The fraction of sp³-hybridized carbons (Fsp3) is 0.0417. The molecule has 4 rings (SSSR count). The first-order valence-electron chi connectivity index (χ1n) is 9.38. The number of aromatic hydroxyl groups is 1. The maximum Gasteiger partial charge on any atom is 0.244 e. The van der Waals surface area contributed by atoms with E-state index < -0.39 is 0 Å². The highest BCUT2D eigenvalue weighted by atomic mass is 19.1. The quantitative estimate of drug-likeness (QED) is 0.348. The lowest BCUT2D eigenvalue weighted by atomic mass is 10.1. The van der Waals surface area contributed by atoms with Crippen molar-refractivity contribution in [2.45, 2.75) is 6.92 Å². The molecule has 0 unspecified atom stereocenters. The van der Waals surface area contributed by atoms with Gasteiger partial charge in [0.1, 0.15) is 11.6 Å². The molecule has 0 saturated carbocycles. The number of para-hydroxylation sites is 1. The van der Waals surface area contributed by atoms with E-state index >= 15 is 0 Å². The highest BCUT2D eigenvalue weighted by Crippen LogP contribution is 2.27. The molecule has 30 heavy (non-hydrogen) atoms. The van der Waals surface area contributed by atoms with Crippen LogP contribution < -0.4 is 5.43 Å². The molecule has 0 aliphatic rings. The lowest BCUT2D eigenvalue weighted by Crippen LogP contribution is -2.01. The number of aryl methyl sites for hydroxylation is 1. The van der Waals surface area contributed by atoms with Crippen molar-refractivity contribution in [2.24, 2.45) is 5.10 Å². The van der Waals surface area contributed by atoms with E-state index in [9.17, 15) is 9.50 Å². The van der Waals surface area contributed by atoms with Crippen LogP contribution in [0.5, 0.6) is 5.75 Å². The van der Waals surface area contributed by atoms with Crippen molar-refractivity contribution in [3.8, 4) is 28.3 Å². The zero-order chi connectivity index (χ0) is 20.9. The van der Waals surface area contributed by atoms with Gasteiger partial charge < -0.3 is 5.11 Å². The molecule has 0 atom stereocenters. The SMILES string of the molecule is Cc1ccc(-c2cc(-c3ccccc3F)nc(N/N=C/c3ccccc3O)n2)cc1. The predicted octanol–water partition coefficient (Wildman–Crippen LogP) is 5.41. The van der Waals surface area contributed by atoms with E-state index in [-0.39, 0.29) is 17.5 Å². The normalized spacial score (nSPS) is 11.0. The van der Waals surface area contributed by atoms with Gasteiger partial charge in [0, 0.05) is 16.7 Å². The minimum atomic E-state index is -0.366. The molecule has 1 heterocycles. The van der Waals surface area contributed by atoms with Crippen LogP contribution in [0.2, 0.25) is 0 Å². The van der Waals surface area contributed by atoms with Crippen LogP contribution in [0.3, 0.4) is 0 Å². The Morgan fingerprint density at radius 2 is 1.60 bits per heavy atom. The zero-order valence-electron chi connectivity index (χ0n) is 16.2. The molecule has 148 valence electrons. The summed E-state index contributed by atoms with van der Waals surface area (Å²) in [6.07, 6.45) is 1.47. The first-order valence-corrected chi connectivity index (χ1v) is 9.38. The van der Waals surface area contributed by atoms with Crippen LogP contribution in [-0.2, 0) is 0 Å². The van der Waals surface area contributed by atoms with Crippen molar-refractivity contribution < 1.29 is 9.50 Å². The molecule has 0 fully saturated rings. The molecular weight excluding hydrogens is 379 g/mol. The minimum Gasteiger partial charge on any atom is -0.507 e. The Labute approximate surface area is 173 Å². The van der Waals surface area contributed by atoms with Crippen molar-refractivity contribution in [3.05, 3.63) is 95.8 Å². The molecule has 3 aromatic carbocycles. The number of hydrogen-bond donors (Lipinski definition) is 2. The Hall–Kier alpha value is -4.06. The molecule has 5 nitrogen and oxygen atoms in total. The Morgan fingerprint density at radius 1 is 0.900 bits per heavy atom. The third-order valence-electron chi connectivity index (χ3n) is 4.53. The number of nitrogens with one attached hydrogen (secondary N) is 1. The van der Waals surface area contributed by atoms with E-state index in [1.807, 2.05) is 31.2 Å². The van der Waals surface area contributed by atoms with E-state index in [0.717, 1.165) is 11.1 Å². The summed E-state index contributed by atoms with van der Waals surface area (Å²) < 4.78 is 14.4. The van der Waals surface area contributed by atoms with E-state index in [1.165, 1.54) is 12.3 Å². The molecule has 0 aliphatic heterocycles. The standard InChI is InChI=1S/C24H19FN4O/c1-16-10-12-17(13-11-16)21-14-22(19-7-3-4-8-20(19)25)28-24(27-21)29-26-15-18-6-2-5-9-23(18)30/h2-15,30H,1H3,(H,27,28,29)/b26-15+. The van der Waals surface area contributed by atoms with Crippen molar-refractivity contribution in [1.29, 1.82) is 0 Å². The van der Waals surface area contributed by atoms with Gasteiger partial charge >= 0.3 is 0 Å². The van der Waals surface area contributed by atoms with Gasteiger partial charge in [-0.3, -0.25) is 0 Å². The summed E-state index contributed by atoms with van der Waals surface area (Å²) in [7, 11) is 0. The maximum absolute atomic E-state index is 14.4. The number of hydrogen-bond acceptors (Lipinski definition) is 5. The number of phenols is 1. The molecule has 4 aromatic rings. The molecule has 0 bridgehead atoms. The number of nitrogens with zero attached hydrogens (tertiary/aromatic N) is 3. The van der Waals surface area contributed by atoms with Gasteiger partial charge in [-0.1, -0.05) is 54.1 Å². The number of phenolic OH excluding ortho intramolecular Hbond substituents is 1. The summed E-state index contributed by atoms with van der Waals surface area (Å²) in [5.74, 6) is -0.0304. The molecular formula is C24H19FN4O. The van der Waals surface area contributed by atoms with E-state index in [2.05, 4.69) is 20.5 Å². The van der Waals surface area contributed by atoms with Gasteiger partial charge in [0.2, 0.25) is 5.95 Å². The molecule has 0 aliphatic carbocycles. The summed E-state index contributed by atoms with van der Waals surface area (Å²) >= 11 is 0. The highest BCUT2D eigenvalue weighted by molar-refractivity contribution is 5.83. The van der Waals surface area contributed by atoms with Crippen LogP contribution in [-0.4, -0.2) is 21.3 Å². The van der Waals surface area contributed by atoms with E-state index in [0.29, 0.717) is 22.5 Å². The Bertz CT molecular complexity index is 1210. The summed E-state index contributed by atoms with van der Waals surface area (Å²) in [4.78, 5) is 8.94. The van der Waals surface area contributed by atoms with E-state index in [4.69, 9.17) is 0 Å². The summed E-state index contributed by atoms with van der Waals surface area (Å²) in [5, 5.41) is 14.0. The Morgan fingerprint density at radius 3 is 2.37 bits per heavy atom. The third kappa shape index (κ3) is 4.33. The molecule has 1 aromatic heterocycles. The van der Waals surface area contributed by atoms with Crippen LogP contribution in [0.25, 0.3) is 22.5 Å². The number of anilines is 1. The number of hydrazone groups is 1. The fourth-order valence-corrected chi connectivity index (χ4v) is 2.93. The molecule has 0 amide bonds. The number of halogens is 1. The first kappa shape index (κ1) is 19.3. The summed E-state index contributed by atoms with van der Waals surface area (Å²) in [6, 6.07) is 22.9.